The molecule has 0 fully saturated rings. The van der Waals surface area contributed by atoms with Gasteiger partial charge in [-0.25, -0.2) is 0 Å². The van der Waals surface area contributed by atoms with E-state index in [4.69, 9.17) is 4.74 Å². The van der Waals surface area contributed by atoms with Crippen molar-refractivity contribution in [2.24, 2.45) is 5.92 Å². The minimum atomic E-state index is 0.288. The van der Waals surface area contributed by atoms with E-state index in [9.17, 15) is 0 Å². The van der Waals surface area contributed by atoms with E-state index in [0.29, 0.717) is 18.4 Å². The lowest BCUT2D eigenvalue weighted by Gasteiger charge is -2.37. The second kappa shape index (κ2) is 7.59. The maximum atomic E-state index is 5.81. The molecule has 2 aliphatic rings. The van der Waals surface area contributed by atoms with E-state index < -0.39 is 0 Å². The molecule has 3 unspecified atom stereocenters. The summed E-state index contributed by atoms with van der Waals surface area (Å²) >= 11 is 0. The lowest BCUT2D eigenvalue weighted by Crippen LogP contribution is -2.29. The number of hydrogen-bond donors (Lipinski definition) is 1. The maximum Gasteiger partial charge on any atom is 0.120 e. The fourth-order valence-electron chi connectivity index (χ4n) is 5.75. The van der Waals surface area contributed by atoms with Gasteiger partial charge in [0, 0.05) is 40.0 Å². The molecule has 0 radical (unpaired) electrons. The Kier molecular flexibility index (Phi) is 4.57. The number of ether oxygens (including phenoxy) is 1. The summed E-state index contributed by atoms with van der Waals surface area (Å²) < 4.78 is 8.23. The topological polar surface area (TPSA) is 26.2 Å². The highest BCUT2D eigenvalue weighted by atomic mass is 16.5. The standard InChI is InChI=1S/C29H28N2O/c1-3-16-32-20-13-14-26-24(18-20)21-9-7-10-23(21)29(30-26)19-12-15-28-25(17-19)22-8-5-6-11-27(22)31(28)4-2/h3,5-9,11-15,17-18,21,23,29-30H,1,4,10,16H2,2H3. The number of aromatic nitrogens is 1. The summed E-state index contributed by atoms with van der Waals surface area (Å²) in [6, 6.07) is 22.5. The van der Waals surface area contributed by atoms with Crippen LogP contribution >= 0.6 is 0 Å². The third kappa shape index (κ3) is 2.88. The van der Waals surface area contributed by atoms with Crippen LogP contribution < -0.4 is 10.1 Å². The maximum absolute atomic E-state index is 5.81. The summed E-state index contributed by atoms with van der Waals surface area (Å²) in [6.07, 6.45) is 7.61. The first kappa shape index (κ1) is 19.2. The van der Waals surface area contributed by atoms with Gasteiger partial charge in [0.1, 0.15) is 12.4 Å². The number of anilines is 1. The van der Waals surface area contributed by atoms with Gasteiger partial charge in [0.25, 0.3) is 0 Å². The molecule has 0 spiro atoms. The van der Waals surface area contributed by atoms with Crippen LogP contribution in [0.5, 0.6) is 5.75 Å². The van der Waals surface area contributed by atoms with Crippen LogP contribution in [0.25, 0.3) is 21.8 Å². The Hall–Kier alpha value is -3.46. The van der Waals surface area contributed by atoms with Crippen molar-refractivity contribution in [3.8, 4) is 5.75 Å². The van der Waals surface area contributed by atoms with E-state index in [1.54, 1.807) is 6.08 Å². The van der Waals surface area contributed by atoms with Crippen molar-refractivity contribution in [2.75, 3.05) is 11.9 Å². The Bertz CT molecular complexity index is 1360. The molecule has 4 aromatic rings. The Morgan fingerprint density at radius 2 is 1.94 bits per heavy atom. The van der Waals surface area contributed by atoms with Crippen molar-refractivity contribution < 1.29 is 4.74 Å². The average molecular weight is 421 g/mol. The van der Waals surface area contributed by atoms with E-state index in [0.717, 1.165) is 18.7 Å². The van der Waals surface area contributed by atoms with Crippen molar-refractivity contribution in [1.82, 2.24) is 4.57 Å². The zero-order valence-electron chi connectivity index (χ0n) is 18.4. The second-order valence-corrected chi connectivity index (χ2v) is 8.86. The van der Waals surface area contributed by atoms with Crippen LogP contribution in [0.1, 0.15) is 36.4 Å². The zero-order chi connectivity index (χ0) is 21.7. The number of nitrogens with one attached hydrogen (secondary N) is 1. The van der Waals surface area contributed by atoms with Crippen molar-refractivity contribution >= 4 is 27.5 Å². The van der Waals surface area contributed by atoms with Crippen molar-refractivity contribution in [1.29, 1.82) is 0 Å². The van der Waals surface area contributed by atoms with Crippen molar-refractivity contribution in [2.45, 2.75) is 31.8 Å². The number of nitrogens with zero attached hydrogens (tertiary/aromatic N) is 1. The van der Waals surface area contributed by atoms with Gasteiger partial charge in [0.2, 0.25) is 0 Å². The minimum absolute atomic E-state index is 0.288. The van der Waals surface area contributed by atoms with Gasteiger partial charge in [-0.2, -0.15) is 0 Å². The molecule has 1 aliphatic heterocycles. The van der Waals surface area contributed by atoms with Gasteiger partial charge in [0.05, 0.1) is 6.04 Å². The molecule has 3 heteroatoms. The molecule has 3 aromatic carbocycles. The Labute approximate surface area is 189 Å². The molecule has 3 nitrogen and oxygen atoms in total. The molecule has 0 bridgehead atoms. The first-order valence-electron chi connectivity index (χ1n) is 11.6. The Morgan fingerprint density at radius 1 is 1.06 bits per heavy atom. The fourth-order valence-corrected chi connectivity index (χ4v) is 5.75. The van der Waals surface area contributed by atoms with E-state index in [1.807, 2.05) is 0 Å². The van der Waals surface area contributed by atoms with Gasteiger partial charge < -0.3 is 14.6 Å². The van der Waals surface area contributed by atoms with Crippen LogP contribution in [0.15, 0.2) is 85.5 Å². The third-order valence-electron chi connectivity index (χ3n) is 7.17. The summed E-state index contributed by atoms with van der Waals surface area (Å²) in [5.41, 5.74) is 6.55. The molecule has 0 saturated heterocycles. The predicted octanol–water partition coefficient (Wildman–Crippen LogP) is 7.21. The van der Waals surface area contributed by atoms with Gasteiger partial charge in [-0.05, 0) is 66.8 Å². The molecule has 2 heterocycles. The molecule has 0 amide bonds. The third-order valence-corrected chi connectivity index (χ3v) is 7.17. The molecule has 3 atom stereocenters. The smallest absolute Gasteiger partial charge is 0.120 e. The molecule has 1 aromatic heterocycles. The van der Waals surface area contributed by atoms with Crippen LogP contribution in [0.2, 0.25) is 0 Å². The first-order valence-corrected chi connectivity index (χ1v) is 11.6. The van der Waals surface area contributed by atoms with Gasteiger partial charge in [0.15, 0.2) is 0 Å². The fraction of sp³-hybridized carbons (Fsp3) is 0.241. The van der Waals surface area contributed by atoms with Crippen LogP contribution in [-0.4, -0.2) is 11.2 Å². The largest absolute Gasteiger partial charge is 0.490 e. The van der Waals surface area contributed by atoms with Gasteiger partial charge in [-0.1, -0.05) is 49.1 Å². The highest BCUT2D eigenvalue weighted by molar-refractivity contribution is 6.08. The summed E-state index contributed by atoms with van der Waals surface area (Å²) in [5.74, 6) is 1.84. The molecular formula is C29H28N2O. The molecule has 160 valence electrons. The van der Waals surface area contributed by atoms with Crippen LogP contribution in [0.3, 0.4) is 0 Å². The average Bonchev–Trinajstić information content (AvgIpc) is 3.45. The Morgan fingerprint density at radius 3 is 2.81 bits per heavy atom. The SMILES string of the molecule is C=CCOc1ccc2c(c1)C1C=CCC1C(c1ccc3c(c1)c1ccccc1n3CC)N2. The van der Waals surface area contributed by atoms with Crippen LogP contribution in [0.4, 0.5) is 5.69 Å². The summed E-state index contributed by atoms with van der Waals surface area (Å²) in [4.78, 5) is 0. The van der Waals surface area contributed by atoms with E-state index in [-0.39, 0.29) is 6.04 Å². The molecule has 1 N–H and O–H groups in total. The molecule has 32 heavy (non-hydrogen) atoms. The summed E-state index contributed by atoms with van der Waals surface area (Å²) in [6.45, 7) is 7.49. The number of benzene rings is 3. The molecule has 0 saturated carbocycles. The number of aryl methyl sites for hydroxylation is 1. The van der Waals surface area contributed by atoms with E-state index in [1.165, 1.54) is 38.6 Å². The quantitative estimate of drug-likeness (QED) is 0.345. The Balaban J connectivity index is 1.44. The van der Waals surface area contributed by atoms with Crippen molar-refractivity contribution in [3.05, 3.63) is 96.6 Å². The highest BCUT2D eigenvalue weighted by Crippen LogP contribution is 2.51. The van der Waals surface area contributed by atoms with Crippen molar-refractivity contribution in [3.63, 3.8) is 0 Å². The van der Waals surface area contributed by atoms with Crippen LogP contribution in [0, 0.1) is 5.92 Å². The predicted molar refractivity (Wildman–Crippen MR) is 134 cm³/mol. The van der Waals surface area contributed by atoms with E-state index in [2.05, 4.69) is 96.2 Å². The first-order chi connectivity index (χ1) is 15.8. The lowest BCUT2D eigenvalue weighted by atomic mass is 9.77. The molecule has 1 aliphatic carbocycles. The number of allylic oxidation sites excluding steroid dienone is 2. The van der Waals surface area contributed by atoms with Crippen LogP contribution in [-0.2, 0) is 6.54 Å². The lowest BCUT2D eigenvalue weighted by molar-refractivity contribution is 0.361. The molecule has 6 rings (SSSR count). The highest BCUT2D eigenvalue weighted by Gasteiger charge is 2.38. The summed E-state index contributed by atoms with van der Waals surface area (Å²) in [7, 11) is 0. The summed E-state index contributed by atoms with van der Waals surface area (Å²) in [5, 5.41) is 6.57. The second-order valence-electron chi connectivity index (χ2n) is 8.86. The van der Waals surface area contributed by atoms with Gasteiger partial charge in [-0.15, -0.1) is 0 Å². The van der Waals surface area contributed by atoms with Gasteiger partial charge in [-0.3, -0.25) is 0 Å². The minimum Gasteiger partial charge on any atom is -0.490 e. The zero-order valence-corrected chi connectivity index (χ0v) is 18.4. The monoisotopic (exact) mass is 420 g/mol. The normalized spacial score (nSPS) is 21.3. The number of para-hydroxylation sites is 1. The van der Waals surface area contributed by atoms with E-state index >= 15 is 0 Å². The number of rotatable bonds is 5. The number of fused-ring (bicyclic) bond motifs is 6. The molecular weight excluding hydrogens is 392 g/mol. The number of hydrogen-bond acceptors (Lipinski definition) is 2. The van der Waals surface area contributed by atoms with Gasteiger partial charge >= 0.3 is 0 Å².